The minimum Gasteiger partial charge on any atom is -0.386 e. The molecule has 0 spiro atoms. The van der Waals surface area contributed by atoms with Crippen LogP contribution in [0.3, 0.4) is 0 Å². The van der Waals surface area contributed by atoms with Crippen LogP contribution in [0.25, 0.3) is 0 Å². The van der Waals surface area contributed by atoms with Gasteiger partial charge in [0.05, 0.1) is 17.8 Å². The molecule has 0 radical (unpaired) electrons. The van der Waals surface area contributed by atoms with E-state index in [0.29, 0.717) is 35.9 Å². The van der Waals surface area contributed by atoms with Crippen LogP contribution in [0.5, 0.6) is 0 Å². The van der Waals surface area contributed by atoms with Gasteiger partial charge in [0, 0.05) is 25.5 Å². The predicted molar refractivity (Wildman–Crippen MR) is 90.0 cm³/mol. The summed E-state index contributed by atoms with van der Waals surface area (Å²) in [6.45, 7) is 3.29. The summed E-state index contributed by atoms with van der Waals surface area (Å²) in [4.78, 5) is 23.2. The molecule has 1 fully saturated rings. The van der Waals surface area contributed by atoms with Crippen LogP contribution in [0, 0.1) is 0 Å². The van der Waals surface area contributed by atoms with Gasteiger partial charge in [-0.15, -0.1) is 5.10 Å². The Morgan fingerprint density at radius 1 is 1.46 bits per heavy atom. The molecule has 1 atom stereocenters. The molecule has 0 saturated carbocycles. The largest absolute Gasteiger partial charge is 0.386 e. The maximum absolute atomic E-state index is 12.3. The standard InChI is InChI=1S/C15H20N6O2S/c1-2-11-12(24-20-19-11)13(22)18-9-15(23)5-3-8-21(10-15)14-16-6-4-7-17-14/h4,6-7,23H,2-3,5,8-10H2,1H3,(H,18,22)/t15-/m0/s1. The molecular formula is C15H20N6O2S. The van der Waals surface area contributed by atoms with Crippen molar-refractivity contribution in [3.63, 3.8) is 0 Å². The lowest BCUT2D eigenvalue weighted by Gasteiger charge is -2.39. The Morgan fingerprint density at radius 3 is 3.00 bits per heavy atom. The van der Waals surface area contributed by atoms with E-state index in [1.807, 2.05) is 11.8 Å². The van der Waals surface area contributed by atoms with Gasteiger partial charge >= 0.3 is 0 Å². The van der Waals surface area contributed by atoms with Crippen molar-refractivity contribution in [2.24, 2.45) is 0 Å². The second-order valence-corrected chi connectivity index (χ2v) is 6.64. The lowest BCUT2D eigenvalue weighted by molar-refractivity contribution is 0.0253. The lowest BCUT2D eigenvalue weighted by atomic mass is 9.93. The van der Waals surface area contributed by atoms with Gasteiger partial charge in [-0.1, -0.05) is 11.4 Å². The van der Waals surface area contributed by atoms with Crippen molar-refractivity contribution in [1.29, 1.82) is 0 Å². The molecule has 1 saturated heterocycles. The van der Waals surface area contributed by atoms with Crippen LogP contribution in [0.2, 0.25) is 0 Å². The van der Waals surface area contributed by atoms with Crippen molar-refractivity contribution < 1.29 is 9.90 Å². The van der Waals surface area contributed by atoms with Gasteiger partial charge in [0.15, 0.2) is 0 Å². The van der Waals surface area contributed by atoms with E-state index in [-0.39, 0.29) is 12.5 Å². The number of nitrogens with zero attached hydrogens (tertiary/aromatic N) is 5. The maximum Gasteiger partial charge on any atom is 0.265 e. The van der Waals surface area contributed by atoms with Crippen molar-refractivity contribution in [3.05, 3.63) is 29.0 Å². The molecule has 1 aliphatic heterocycles. The number of aromatic nitrogens is 4. The maximum atomic E-state index is 12.3. The van der Waals surface area contributed by atoms with E-state index in [1.54, 1.807) is 18.5 Å². The van der Waals surface area contributed by atoms with Crippen LogP contribution in [0.15, 0.2) is 18.5 Å². The first kappa shape index (κ1) is 16.7. The fourth-order valence-corrected chi connectivity index (χ4v) is 3.49. The number of aryl methyl sites for hydroxylation is 1. The van der Waals surface area contributed by atoms with E-state index in [9.17, 15) is 9.90 Å². The molecule has 9 heteroatoms. The summed E-state index contributed by atoms with van der Waals surface area (Å²) < 4.78 is 3.82. The van der Waals surface area contributed by atoms with E-state index in [4.69, 9.17) is 0 Å². The topological polar surface area (TPSA) is 104 Å². The van der Waals surface area contributed by atoms with E-state index < -0.39 is 5.60 Å². The van der Waals surface area contributed by atoms with Crippen molar-refractivity contribution >= 4 is 23.4 Å². The fraction of sp³-hybridized carbons (Fsp3) is 0.533. The number of rotatable bonds is 5. The van der Waals surface area contributed by atoms with Gasteiger partial charge in [-0.25, -0.2) is 9.97 Å². The van der Waals surface area contributed by atoms with Gasteiger partial charge in [0.25, 0.3) is 5.91 Å². The predicted octanol–water partition coefficient (Wildman–Crippen LogP) is 0.652. The molecular weight excluding hydrogens is 328 g/mol. The number of hydrogen-bond donors (Lipinski definition) is 2. The molecule has 3 rings (SSSR count). The summed E-state index contributed by atoms with van der Waals surface area (Å²) in [7, 11) is 0. The second-order valence-electron chi connectivity index (χ2n) is 5.88. The Labute approximate surface area is 144 Å². The molecule has 0 aliphatic carbocycles. The van der Waals surface area contributed by atoms with Gasteiger partial charge in [0.1, 0.15) is 4.88 Å². The fourth-order valence-electron chi connectivity index (χ4n) is 2.82. The van der Waals surface area contributed by atoms with E-state index in [1.165, 1.54) is 0 Å². The molecule has 2 aromatic heterocycles. The Morgan fingerprint density at radius 2 is 2.25 bits per heavy atom. The molecule has 128 valence electrons. The summed E-state index contributed by atoms with van der Waals surface area (Å²) in [6.07, 6.45) is 5.45. The molecule has 2 aromatic rings. The molecule has 0 aromatic carbocycles. The van der Waals surface area contributed by atoms with Gasteiger partial charge in [-0.05, 0) is 36.9 Å². The molecule has 3 heterocycles. The molecule has 0 bridgehead atoms. The Bertz CT molecular complexity index is 694. The molecule has 0 unspecified atom stereocenters. The number of carbonyl (C=O) groups excluding carboxylic acids is 1. The Balaban J connectivity index is 1.62. The third-order valence-electron chi connectivity index (χ3n) is 4.07. The number of piperidine rings is 1. The number of amides is 1. The van der Waals surface area contributed by atoms with Crippen LogP contribution in [-0.2, 0) is 6.42 Å². The van der Waals surface area contributed by atoms with Crippen molar-refractivity contribution in [3.8, 4) is 0 Å². The zero-order valence-corrected chi connectivity index (χ0v) is 14.3. The summed E-state index contributed by atoms with van der Waals surface area (Å²) >= 11 is 1.08. The van der Waals surface area contributed by atoms with Crippen molar-refractivity contribution in [2.45, 2.75) is 31.8 Å². The lowest BCUT2D eigenvalue weighted by Crippen LogP contribution is -2.54. The minimum absolute atomic E-state index is 0.177. The van der Waals surface area contributed by atoms with Crippen LogP contribution in [-0.4, -0.2) is 55.8 Å². The summed E-state index contributed by atoms with van der Waals surface area (Å²) in [5.41, 5.74) is -0.315. The van der Waals surface area contributed by atoms with E-state index in [0.717, 1.165) is 24.5 Å². The van der Waals surface area contributed by atoms with Crippen LogP contribution >= 0.6 is 11.5 Å². The minimum atomic E-state index is -1.00. The van der Waals surface area contributed by atoms with E-state index >= 15 is 0 Å². The quantitative estimate of drug-likeness (QED) is 0.817. The van der Waals surface area contributed by atoms with Gasteiger partial charge in [-0.2, -0.15) is 0 Å². The monoisotopic (exact) mass is 348 g/mol. The Hall–Kier alpha value is -2.13. The van der Waals surface area contributed by atoms with E-state index in [2.05, 4.69) is 24.9 Å². The number of aliphatic hydroxyl groups is 1. The molecule has 2 N–H and O–H groups in total. The number of nitrogens with one attached hydrogen (secondary N) is 1. The number of β-amino-alcohol motifs (C(OH)–C–C–N with tert-alkyl or cyclic N) is 1. The van der Waals surface area contributed by atoms with Crippen LogP contribution < -0.4 is 10.2 Å². The zero-order valence-electron chi connectivity index (χ0n) is 13.5. The second kappa shape index (κ2) is 7.18. The molecule has 24 heavy (non-hydrogen) atoms. The average Bonchev–Trinajstić information content (AvgIpc) is 3.09. The smallest absolute Gasteiger partial charge is 0.265 e. The first-order valence-corrected chi connectivity index (χ1v) is 8.72. The number of carbonyl (C=O) groups is 1. The van der Waals surface area contributed by atoms with Crippen molar-refractivity contribution in [2.75, 3.05) is 24.5 Å². The molecule has 1 amide bonds. The highest BCUT2D eigenvalue weighted by Gasteiger charge is 2.35. The highest BCUT2D eigenvalue weighted by atomic mass is 32.1. The van der Waals surface area contributed by atoms with Gasteiger partial charge in [-0.3, -0.25) is 4.79 Å². The Kier molecular flexibility index (Phi) is 5.00. The van der Waals surface area contributed by atoms with Crippen LogP contribution in [0.1, 0.15) is 35.1 Å². The van der Waals surface area contributed by atoms with Crippen LogP contribution in [0.4, 0.5) is 5.95 Å². The third kappa shape index (κ3) is 3.68. The average molecular weight is 348 g/mol. The normalized spacial score (nSPS) is 20.8. The summed E-state index contributed by atoms with van der Waals surface area (Å²) in [5.74, 6) is 0.366. The first-order chi connectivity index (χ1) is 11.6. The summed E-state index contributed by atoms with van der Waals surface area (Å²) in [5, 5.41) is 17.6. The SMILES string of the molecule is CCc1nnsc1C(=O)NC[C@@]1(O)CCCN(c2ncccn2)C1. The summed E-state index contributed by atoms with van der Waals surface area (Å²) in [6, 6.07) is 1.76. The number of anilines is 1. The molecule has 8 nitrogen and oxygen atoms in total. The highest BCUT2D eigenvalue weighted by Crippen LogP contribution is 2.23. The first-order valence-electron chi connectivity index (χ1n) is 7.95. The van der Waals surface area contributed by atoms with Crippen molar-refractivity contribution in [1.82, 2.24) is 24.9 Å². The molecule has 1 aliphatic rings. The highest BCUT2D eigenvalue weighted by molar-refractivity contribution is 7.08. The van der Waals surface area contributed by atoms with Gasteiger partial charge in [0.2, 0.25) is 5.95 Å². The zero-order chi connectivity index (χ0) is 17.0. The van der Waals surface area contributed by atoms with Gasteiger partial charge < -0.3 is 15.3 Å². The third-order valence-corrected chi connectivity index (χ3v) is 4.83. The number of hydrogen-bond acceptors (Lipinski definition) is 8.